The fourth-order valence-electron chi connectivity index (χ4n) is 1.87. The quantitative estimate of drug-likeness (QED) is 0.779. The summed E-state index contributed by atoms with van der Waals surface area (Å²) in [5.74, 6) is 0. The van der Waals surface area contributed by atoms with E-state index in [9.17, 15) is 0 Å². The zero-order valence-electron chi connectivity index (χ0n) is 8.50. The highest BCUT2D eigenvalue weighted by Gasteiger charge is 2.09. The lowest BCUT2D eigenvalue weighted by Crippen LogP contribution is -2.25. The van der Waals surface area contributed by atoms with E-state index in [1.54, 1.807) is 0 Å². The highest BCUT2D eigenvalue weighted by Crippen LogP contribution is 2.07. The minimum Gasteiger partial charge on any atom is -0.384 e. The highest BCUT2D eigenvalue weighted by atomic mass is 15.1. The van der Waals surface area contributed by atoms with Crippen molar-refractivity contribution in [1.29, 1.82) is 0 Å². The second kappa shape index (κ2) is 5.01. The Labute approximate surface area is 85.9 Å². The van der Waals surface area contributed by atoms with Gasteiger partial charge in [0.15, 0.2) is 0 Å². The molecule has 0 bridgehead atoms. The van der Waals surface area contributed by atoms with Crippen molar-refractivity contribution in [3.05, 3.63) is 30.3 Å². The van der Waals surface area contributed by atoms with Crippen LogP contribution in [0.25, 0.3) is 0 Å². The Balaban J connectivity index is 1.67. The normalized spacial score (nSPS) is 17.1. The molecule has 1 aromatic carbocycles. The van der Waals surface area contributed by atoms with Crippen LogP contribution < -0.4 is 5.32 Å². The molecule has 0 aliphatic carbocycles. The van der Waals surface area contributed by atoms with Gasteiger partial charge in [-0.15, -0.1) is 0 Å². The second-order valence-electron chi connectivity index (χ2n) is 3.76. The van der Waals surface area contributed by atoms with Gasteiger partial charge in [0.25, 0.3) is 0 Å². The molecule has 1 aliphatic rings. The van der Waals surface area contributed by atoms with Gasteiger partial charge in [-0.1, -0.05) is 12.1 Å². The molecule has 1 N–H and O–H groups in total. The fraction of sp³-hybridized carbons (Fsp3) is 0.500. The first kappa shape index (κ1) is 9.53. The van der Waals surface area contributed by atoms with Crippen molar-refractivity contribution in [2.24, 2.45) is 0 Å². The summed E-state index contributed by atoms with van der Waals surface area (Å²) < 4.78 is 0. The van der Waals surface area contributed by atoms with Crippen LogP contribution in [0.1, 0.15) is 12.8 Å². The monoisotopic (exact) mass is 189 g/mol. The van der Waals surface area contributed by atoms with Gasteiger partial charge < -0.3 is 10.2 Å². The molecule has 1 heterocycles. The maximum Gasteiger partial charge on any atom is 0.0341 e. The largest absolute Gasteiger partial charge is 0.384 e. The van der Waals surface area contributed by atoms with Crippen molar-refractivity contribution < 1.29 is 0 Å². The smallest absolute Gasteiger partial charge is 0.0341 e. The summed E-state index contributed by atoms with van der Waals surface area (Å²) in [6.07, 6.45) is 2.75. The zero-order valence-corrected chi connectivity index (χ0v) is 8.50. The molecule has 0 unspecified atom stereocenters. The summed E-state index contributed by atoms with van der Waals surface area (Å²) in [6, 6.07) is 11.0. The maximum atomic E-state index is 3.41. The summed E-state index contributed by atoms with van der Waals surface area (Å²) in [7, 11) is 0. The number of rotatable bonds is 4. The van der Waals surface area contributed by atoms with Gasteiger partial charge in [-0.25, -0.2) is 0 Å². The van der Waals surface area contributed by atoms with Crippen LogP contribution in [0.5, 0.6) is 0 Å². The van der Waals surface area contributed by atoms with Crippen LogP contribution in [0.4, 0.5) is 5.69 Å². The average molecular weight is 189 g/mol. The fourth-order valence-corrected chi connectivity index (χ4v) is 1.87. The molecule has 14 heavy (non-hydrogen) atoms. The zero-order chi connectivity index (χ0) is 9.64. The summed E-state index contributed by atoms with van der Waals surface area (Å²) >= 11 is 0. The van der Waals surface area contributed by atoms with Crippen molar-refractivity contribution in [3.63, 3.8) is 0 Å². The van der Waals surface area contributed by atoms with Crippen LogP contribution in [-0.2, 0) is 0 Å². The molecule has 1 radical (unpaired) electrons. The van der Waals surface area contributed by atoms with Crippen LogP contribution in [-0.4, -0.2) is 31.1 Å². The van der Waals surface area contributed by atoms with Gasteiger partial charge in [-0.05, 0) is 44.1 Å². The van der Waals surface area contributed by atoms with Gasteiger partial charge in [0.1, 0.15) is 0 Å². The Morgan fingerprint density at radius 2 is 1.93 bits per heavy atom. The first-order chi connectivity index (χ1) is 6.95. The molecular weight excluding hydrogens is 172 g/mol. The van der Waals surface area contributed by atoms with Gasteiger partial charge in [-0.3, -0.25) is 0 Å². The first-order valence-electron chi connectivity index (χ1n) is 5.37. The third-order valence-electron chi connectivity index (χ3n) is 2.67. The van der Waals surface area contributed by atoms with E-state index in [4.69, 9.17) is 0 Å². The molecule has 0 amide bonds. The summed E-state index contributed by atoms with van der Waals surface area (Å²) in [4.78, 5) is 2.52. The van der Waals surface area contributed by atoms with Gasteiger partial charge in [-0.2, -0.15) is 0 Å². The molecular formula is C12H17N2. The van der Waals surface area contributed by atoms with E-state index in [2.05, 4.69) is 28.4 Å². The molecule has 1 aliphatic heterocycles. The highest BCUT2D eigenvalue weighted by molar-refractivity contribution is 5.41. The van der Waals surface area contributed by atoms with E-state index < -0.39 is 0 Å². The predicted molar refractivity (Wildman–Crippen MR) is 59.4 cm³/mol. The van der Waals surface area contributed by atoms with E-state index in [0.717, 1.165) is 6.54 Å². The molecule has 1 saturated heterocycles. The Kier molecular flexibility index (Phi) is 3.41. The SMILES string of the molecule is [c]1ccc(NCCN2CCCC2)cc1. The molecule has 1 aromatic rings. The third kappa shape index (κ3) is 2.74. The number of hydrogen-bond donors (Lipinski definition) is 1. The van der Waals surface area contributed by atoms with E-state index in [1.807, 2.05) is 12.1 Å². The van der Waals surface area contributed by atoms with Crippen molar-refractivity contribution >= 4 is 5.69 Å². The lowest BCUT2D eigenvalue weighted by molar-refractivity contribution is 0.352. The number of nitrogens with one attached hydrogen (secondary N) is 1. The van der Waals surface area contributed by atoms with E-state index in [1.165, 1.54) is 38.2 Å². The Hall–Kier alpha value is -1.02. The van der Waals surface area contributed by atoms with Crippen molar-refractivity contribution in [1.82, 2.24) is 4.90 Å². The van der Waals surface area contributed by atoms with Crippen molar-refractivity contribution in [2.75, 3.05) is 31.5 Å². The molecule has 0 saturated carbocycles. The molecule has 2 rings (SSSR count). The number of anilines is 1. The maximum absolute atomic E-state index is 3.41. The average Bonchev–Trinajstić information content (AvgIpc) is 2.72. The lowest BCUT2D eigenvalue weighted by atomic mass is 10.3. The Morgan fingerprint density at radius 1 is 1.21 bits per heavy atom. The van der Waals surface area contributed by atoms with Gasteiger partial charge >= 0.3 is 0 Å². The van der Waals surface area contributed by atoms with E-state index in [-0.39, 0.29) is 0 Å². The molecule has 0 atom stereocenters. The van der Waals surface area contributed by atoms with E-state index >= 15 is 0 Å². The molecule has 2 nitrogen and oxygen atoms in total. The van der Waals surface area contributed by atoms with Crippen LogP contribution in [0.15, 0.2) is 24.3 Å². The minimum absolute atomic E-state index is 1.05. The topological polar surface area (TPSA) is 15.3 Å². The van der Waals surface area contributed by atoms with Gasteiger partial charge in [0.05, 0.1) is 0 Å². The molecule has 1 fully saturated rings. The van der Waals surface area contributed by atoms with E-state index in [0.29, 0.717) is 0 Å². The molecule has 0 aromatic heterocycles. The Morgan fingerprint density at radius 3 is 2.64 bits per heavy atom. The number of hydrogen-bond acceptors (Lipinski definition) is 2. The van der Waals surface area contributed by atoms with Gasteiger partial charge in [0.2, 0.25) is 0 Å². The summed E-state index contributed by atoms with van der Waals surface area (Å²) in [5.41, 5.74) is 1.20. The first-order valence-corrected chi connectivity index (χ1v) is 5.37. The van der Waals surface area contributed by atoms with Crippen LogP contribution in [0, 0.1) is 6.07 Å². The third-order valence-corrected chi connectivity index (χ3v) is 2.67. The predicted octanol–water partition coefficient (Wildman–Crippen LogP) is 1.99. The number of nitrogens with zero attached hydrogens (tertiary/aromatic N) is 1. The molecule has 2 heteroatoms. The van der Waals surface area contributed by atoms with Crippen LogP contribution >= 0.6 is 0 Å². The van der Waals surface area contributed by atoms with Crippen molar-refractivity contribution in [3.8, 4) is 0 Å². The standard InChI is InChI=1S/C12H17N2/c1-2-6-12(7-3-1)13-8-11-14-9-4-5-10-14/h2-3,6-7,13H,4-5,8-11H2. The lowest BCUT2D eigenvalue weighted by Gasteiger charge is -2.15. The van der Waals surface area contributed by atoms with Crippen molar-refractivity contribution in [2.45, 2.75) is 12.8 Å². The Bertz CT molecular complexity index is 252. The van der Waals surface area contributed by atoms with Crippen LogP contribution in [0.3, 0.4) is 0 Å². The number of benzene rings is 1. The minimum atomic E-state index is 1.05. The summed E-state index contributed by atoms with van der Waals surface area (Å²) in [5, 5.41) is 3.41. The van der Waals surface area contributed by atoms with Crippen LogP contribution in [0.2, 0.25) is 0 Å². The summed E-state index contributed by atoms with van der Waals surface area (Å²) in [6.45, 7) is 4.77. The molecule has 75 valence electrons. The van der Waals surface area contributed by atoms with Gasteiger partial charge in [0, 0.05) is 18.8 Å². The second-order valence-corrected chi connectivity index (χ2v) is 3.76. The number of likely N-dealkylation sites (tertiary alicyclic amines) is 1. The molecule has 0 spiro atoms.